The fraction of sp³-hybridized carbons (Fsp3) is 0.320. The lowest BCUT2D eigenvalue weighted by atomic mass is 9.91. The van der Waals surface area contributed by atoms with Crippen molar-refractivity contribution >= 4 is 47.5 Å². The van der Waals surface area contributed by atoms with Crippen LogP contribution in [0.5, 0.6) is 0 Å². The van der Waals surface area contributed by atoms with Gasteiger partial charge in [-0.2, -0.15) is 10.2 Å². The highest BCUT2D eigenvalue weighted by molar-refractivity contribution is 5.85. The Morgan fingerprint density at radius 3 is 2.72 bits per heavy atom. The molecule has 1 aliphatic rings. The maximum atomic E-state index is 13.1. The molecule has 9 nitrogen and oxygen atoms in total. The molecule has 0 spiro atoms. The highest BCUT2D eigenvalue weighted by Gasteiger charge is 2.23. The average molecular weight is 527 g/mol. The van der Waals surface area contributed by atoms with Crippen LogP contribution in [0, 0.1) is 11.3 Å². The fourth-order valence-corrected chi connectivity index (χ4v) is 4.24. The van der Waals surface area contributed by atoms with Crippen LogP contribution in [0.15, 0.2) is 47.4 Å². The van der Waals surface area contributed by atoms with Crippen molar-refractivity contribution in [2.24, 2.45) is 0 Å². The van der Waals surface area contributed by atoms with Crippen LogP contribution in [0.2, 0.25) is 0 Å². The second kappa shape index (κ2) is 10.7. The molecule has 0 atom stereocenters. The predicted molar refractivity (Wildman–Crippen MR) is 145 cm³/mol. The van der Waals surface area contributed by atoms with Gasteiger partial charge in [-0.15, -0.1) is 24.8 Å². The van der Waals surface area contributed by atoms with E-state index >= 15 is 0 Å². The lowest BCUT2D eigenvalue weighted by Crippen LogP contribution is -2.23. The first-order chi connectivity index (χ1) is 16.4. The molecule has 0 fully saturated rings. The van der Waals surface area contributed by atoms with Crippen molar-refractivity contribution in [1.82, 2.24) is 29.6 Å². The zero-order chi connectivity index (χ0) is 23.9. The summed E-state index contributed by atoms with van der Waals surface area (Å²) in [6.45, 7) is 7.81. The second-order valence-electron chi connectivity index (χ2n) is 8.92. The van der Waals surface area contributed by atoms with Crippen molar-refractivity contribution in [3.05, 3.63) is 69.8 Å². The Kier molecular flexibility index (Phi) is 8.04. The van der Waals surface area contributed by atoms with Gasteiger partial charge in [0.15, 0.2) is 11.5 Å². The number of nitrogens with one attached hydrogen (secondary N) is 2. The van der Waals surface area contributed by atoms with Gasteiger partial charge in [0.2, 0.25) is 5.95 Å². The molecule has 3 aromatic heterocycles. The molecule has 4 aromatic rings. The van der Waals surface area contributed by atoms with E-state index in [1.165, 1.54) is 11.1 Å². The van der Waals surface area contributed by atoms with Crippen molar-refractivity contribution in [1.29, 1.82) is 5.26 Å². The number of hydrogen-bond donors (Lipinski definition) is 2. The molecule has 0 bridgehead atoms. The van der Waals surface area contributed by atoms with E-state index in [1.807, 2.05) is 45.0 Å². The van der Waals surface area contributed by atoms with Crippen LogP contribution in [0.25, 0.3) is 16.9 Å². The second-order valence-corrected chi connectivity index (χ2v) is 8.92. The molecular weight excluding hydrogens is 499 g/mol. The largest absolute Gasteiger partial charge is 0.324 e. The van der Waals surface area contributed by atoms with E-state index in [0.717, 1.165) is 25.2 Å². The molecule has 1 aromatic carbocycles. The molecule has 2 N–H and O–H groups in total. The summed E-state index contributed by atoms with van der Waals surface area (Å²) in [7, 11) is 0. The van der Waals surface area contributed by atoms with Crippen molar-refractivity contribution in [3.8, 4) is 11.9 Å². The Morgan fingerprint density at radius 1 is 1.17 bits per heavy atom. The Labute approximate surface area is 221 Å². The first kappa shape index (κ1) is 27.1. The monoisotopic (exact) mass is 526 g/mol. The molecular formula is C25H28Cl2N8O. The van der Waals surface area contributed by atoms with Gasteiger partial charge in [-0.1, -0.05) is 12.1 Å². The van der Waals surface area contributed by atoms with Gasteiger partial charge in [-0.25, -0.2) is 19.3 Å². The van der Waals surface area contributed by atoms with Crippen molar-refractivity contribution in [2.75, 3.05) is 11.9 Å². The standard InChI is InChI=1S/C25H26N8O.2ClH/c1-4-32-23(34)19-14-28-24(29-18-9-8-17-13-27-11-10-16(17)12-18)31-22(19)33(32)21-7-5-6-20(30-21)25(2,3)15-26;;/h5-9,12,14,27H,4,10-11,13H2,1-3H3,(H,28,29,31);2*1H. The molecule has 0 aliphatic carbocycles. The van der Waals surface area contributed by atoms with Gasteiger partial charge in [0.1, 0.15) is 5.39 Å². The number of anilines is 2. The van der Waals surface area contributed by atoms with E-state index in [-0.39, 0.29) is 30.4 Å². The van der Waals surface area contributed by atoms with Crippen molar-refractivity contribution < 1.29 is 0 Å². The third-order valence-electron chi connectivity index (χ3n) is 6.20. The Bertz CT molecular complexity index is 1500. The predicted octanol–water partition coefficient (Wildman–Crippen LogP) is 4.03. The SMILES string of the molecule is CCn1c(=O)c2cnc(Nc3ccc4c(c3)CCNC4)nc2n1-c1cccc(C(C)(C)C#N)n1.Cl.Cl. The molecule has 0 saturated carbocycles. The molecule has 0 saturated heterocycles. The maximum Gasteiger partial charge on any atom is 0.278 e. The normalized spacial score (nSPS) is 12.7. The van der Waals surface area contributed by atoms with Crippen molar-refractivity contribution in [2.45, 2.75) is 45.7 Å². The van der Waals surface area contributed by atoms with E-state index < -0.39 is 5.41 Å². The average Bonchev–Trinajstić information content (AvgIpc) is 3.14. The number of aromatic nitrogens is 5. The number of fused-ring (bicyclic) bond motifs is 2. The topological polar surface area (TPSA) is 113 Å². The number of halogens is 2. The van der Waals surface area contributed by atoms with Gasteiger partial charge in [0.25, 0.3) is 5.56 Å². The number of nitriles is 1. The van der Waals surface area contributed by atoms with Crippen LogP contribution in [0.1, 0.15) is 37.6 Å². The number of benzene rings is 1. The van der Waals surface area contributed by atoms with Gasteiger partial charge in [0.05, 0.1) is 17.2 Å². The number of hydrogen-bond acceptors (Lipinski definition) is 7. The Balaban J connectivity index is 0.00000180. The highest BCUT2D eigenvalue weighted by atomic mass is 35.5. The van der Waals surface area contributed by atoms with Crippen LogP contribution in [0.3, 0.4) is 0 Å². The smallest absolute Gasteiger partial charge is 0.278 e. The molecule has 0 radical (unpaired) electrons. The zero-order valence-corrected chi connectivity index (χ0v) is 21.9. The Morgan fingerprint density at radius 2 is 1.97 bits per heavy atom. The number of nitrogens with zero attached hydrogens (tertiary/aromatic N) is 6. The summed E-state index contributed by atoms with van der Waals surface area (Å²) in [5.41, 5.74) is 3.65. The lowest BCUT2D eigenvalue weighted by Gasteiger charge is -2.18. The molecule has 36 heavy (non-hydrogen) atoms. The van der Waals surface area contributed by atoms with Gasteiger partial charge >= 0.3 is 0 Å². The summed E-state index contributed by atoms with van der Waals surface area (Å²) in [5, 5.41) is 16.6. The highest BCUT2D eigenvalue weighted by Crippen LogP contribution is 2.24. The molecule has 0 unspecified atom stereocenters. The van der Waals surface area contributed by atoms with Crippen molar-refractivity contribution in [3.63, 3.8) is 0 Å². The zero-order valence-electron chi connectivity index (χ0n) is 20.3. The first-order valence-electron chi connectivity index (χ1n) is 11.4. The van der Waals surface area contributed by atoms with Gasteiger partial charge in [0, 0.05) is 25.0 Å². The Hall–Kier alpha value is -3.45. The van der Waals surface area contributed by atoms with Crippen LogP contribution < -0.4 is 16.2 Å². The van der Waals surface area contributed by atoms with E-state index in [0.29, 0.717) is 35.0 Å². The van der Waals surface area contributed by atoms with Crippen LogP contribution in [-0.2, 0) is 24.9 Å². The molecule has 4 heterocycles. The number of pyridine rings is 1. The van der Waals surface area contributed by atoms with Gasteiger partial charge in [-0.3, -0.25) is 4.79 Å². The minimum atomic E-state index is -0.764. The summed E-state index contributed by atoms with van der Waals surface area (Å²) in [6, 6.07) is 14.0. The molecule has 1 aliphatic heterocycles. The molecule has 5 rings (SSSR count). The minimum Gasteiger partial charge on any atom is -0.324 e. The summed E-state index contributed by atoms with van der Waals surface area (Å²) in [4.78, 5) is 26.9. The van der Waals surface area contributed by atoms with E-state index in [2.05, 4.69) is 33.8 Å². The van der Waals surface area contributed by atoms with E-state index in [1.54, 1.807) is 15.6 Å². The number of rotatable bonds is 5. The maximum absolute atomic E-state index is 13.1. The van der Waals surface area contributed by atoms with Crippen LogP contribution >= 0.6 is 24.8 Å². The van der Waals surface area contributed by atoms with Crippen LogP contribution in [0.4, 0.5) is 11.6 Å². The van der Waals surface area contributed by atoms with E-state index in [9.17, 15) is 10.1 Å². The quantitative estimate of drug-likeness (QED) is 0.403. The summed E-state index contributed by atoms with van der Waals surface area (Å²) in [6.07, 6.45) is 2.53. The summed E-state index contributed by atoms with van der Waals surface area (Å²) in [5.74, 6) is 0.928. The lowest BCUT2D eigenvalue weighted by molar-refractivity contribution is 0.562. The van der Waals surface area contributed by atoms with E-state index in [4.69, 9.17) is 9.97 Å². The fourth-order valence-electron chi connectivity index (χ4n) is 4.24. The van der Waals surface area contributed by atoms with Crippen LogP contribution in [-0.4, -0.2) is 30.9 Å². The van der Waals surface area contributed by atoms with Gasteiger partial charge in [-0.05, 0) is 69.1 Å². The van der Waals surface area contributed by atoms with Gasteiger partial charge < -0.3 is 10.6 Å². The molecule has 188 valence electrons. The molecule has 11 heteroatoms. The minimum absolute atomic E-state index is 0. The first-order valence-corrected chi connectivity index (χ1v) is 11.4. The molecule has 0 amide bonds. The summed E-state index contributed by atoms with van der Waals surface area (Å²) >= 11 is 0. The third-order valence-corrected chi connectivity index (χ3v) is 6.20. The third kappa shape index (κ3) is 4.80. The summed E-state index contributed by atoms with van der Waals surface area (Å²) < 4.78 is 3.29.